The van der Waals surface area contributed by atoms with Gasteiger partial charge in [0.05, 0.1) is 6.61 Å². The Hall–Kier alpha value is -0.240. The van der Waals surface area contributed by atoms with E-state index in [1.165, 1.54) is 0 Å². The van der Waals surface area contributed by atoms with E-state index in [0.717, 1.165) is 0 Å². The van der Waals surface area contributed by atoms with E-state index < -0.39 is 24.5 Å². The zero-order valence-electron chi connectivity index (χ0n) is 4.93. The predicted octanol–water partition coefficient (Wildman–Crippen LogP) is -3.30. The number of rotatable bonds is 0. The van der Waals surface area contributed by atoms with E-state index in [0.29, 0.717) is 0 Å². The second kappa shape index (κ2) is 1.88. The summed E-state index contributed by atoms with van der Waals surface area (Å²) in [5, 5.41) is 43.1. The monoisotopic (exact) mass is 152 g/mol. The second-order valence-corrected chi connectivity index (χ2v) is 2.16. The van der Waals surface area contributed by atoms with Crippen LogP contribution in [0.2, 0.25) is 0 Å². The molecule has 0 aliphatic carbocycles. The minimum atomic E-state index is -3.08. The highest BCUT2D eigenvalue weighted by Crippen LogP contribution is 2.29. The summed E-state index contributed by atoms with van der Waals surface area (Å²) in [7, 11) is 0. The molecule has 6 nitrogen and oxygen atoms in total. The van der Waals surface area contributed by atoms with Gasteiger partial charge < -0.3 is 30.3 Å². The molecule has 1 atom stereocenters. The third-order valence-electron chi connectivity index (χ3n) is 1.39. The van der Waals surface area contributed by atoms with Gasteiger partial charge in [-0.2, -0.15) is 0 Å². The first-order valence-electron chi connectivity index (χ1n) is 2.59. The van der Waals surface area contributed by atoms with Crippen LogP contribution in [0.3, 0.4) is 0 Å². The molecule has 1 fully saturated rings. The van der Waals surface area contributed by atoms with Gasteiger partial charge in [0.2, 0.25) is 0 Å². The van der Waals surface area contributed by atoms with Crippen molar-refractivity contribution in [2.75, 3.05) is 6.61 Å². The first-order valence-corrected chi connectivity index (χ1v) is 2.59. The number of aliphatic hydroxyl groups is 5. The van der Waals surface area contributed by atoms with E-state index in [1.807, 2.05) is 0 Å². The Kier molecular flexibility index (Phi) is 1.48. The van der Waals surface area contributed by atoms with Gasteiger partial charge in [-0.3, -0.25) is 0 Å². The molecule has 0 aromatic heterocycles. The van der Waals surface area contributed by atoms with Crippen LogP contribution in [0.5, 0.6) is 0 Å². The molecule has 60 valence electrons. The summed E-state index contributed by atoms with van der Waals surface area (Å²) in [5.41, 5.74) is 0. The molecule has 6 heteroatoms. The molecule has 0 amide bonds. The Labute approximate surface area is 55.9 Å². The predicted molar refractivity (Wildman–Crippen MR) is 26.3 cm³/mol. The van der Waals surface area contributed by atoms with Crippen LogP contribution in [0, 0.1) is 0 Å². The van der Waals surface area contributed by atoms with Gasteiger partial charge in [0.1, 0.15) is 6.10 Å². The summed E-state index contributed by atoms with van der Waals surface area (Å²) in [5.74, 6) is -6.08. The van der Waals surface area contributed by atoms with E-state index in [2.05, 4.69) is 4.74 Å². The topological polar surface area (TPSA) is 110 Å². The minimum Gasteiger partial charge on any atom is -0.385 e. The second-order valence-electron chi connectivity index (χ2n) is 2.16. The molecule has 1 saturated heterocycles. The van der Waals surface area contributed by atoms with Gasteiger partial charge in [-0.25, -0.2) is 0 Å². The highest BCUT2D eigenvalue weighted by Gasteiger charge is 2.60. The molecule has 1 aliphatic rings. The lowest BCUT2D eigenvalue weighted by Crippen LogP contribution is -2.56. The molecule has 0 saturated carbocycles. The zero-order valence-corrected chi connectivity index (χ0v) is 4.93. The van der Waals surface area contributed by atoms with Crippen LogP contribution in [-0.2, 0) is 4.74 Å². The Balaban J connectivity index is 2.84. The molecule has 1 aliphatic heterocycles. The molecule has 0 aromatic rings. The number of hydrogen-bond acceptors (Lipinski definition) is 6. The summed E-state index contributed by atoms with van der Waals surface area (Å²) in [4.78, 5) is 0. The Morgan fingerprint density at radius 2 is 1.70 bits per heavy atom. The van der Waals surface area contributed by atoms with Crippen LogP contribution in [0.1, 0.15) is 0 Å². The molecule has 1 unspecified atom stereocenters. The third-order valence-corrected chi connectivity index (χ3v) is 1.39. The van der Waals surface area contributed by atoms with Crippen LogP contribution >= 0.6 is 0 Å². The molecule has 10 heavy (non-hydrogen) atoms. The van der Waals surface area contributed by atoms with E-state index in [9.17, 15) is 0 Å². The molecule has 5 N–H and O–H groups in total. The third kappa shape index (κ3) is 0.823. The Bertz CT molecular complexity index is 141. The van der Waals surface area contributed by atoms with Crippen LogP contribution in [0.15, 0.2) is 0 Å². The van der Waals surface area contributed by atoms with Crippen molar-refractivity contribution >= 4 is 0 Å². The summed E-state index contributed by atoms with van der Waals surface area (Å²) < 4.78 is 4.03. The van der Waals surface area contributed by atoms with E-state index in [1.54, 1.807) is 0 Å². The number of aliphatic hydroxyl groups excluding tert-OH is 1. The first kappa shape index (κ1) is 7.86. The maximum Gasteiger partial charge on any atom is 0.338 e. The maximum absolute atomic E-state index is 8.67. The van der Waals surface area contributed by atoms with Crippen LogP contribution < -0.4 is 0 Å². The van der Waals surface area contributed by atoms with Crippen molar-refractivity contribution in [2.45, 2.75) is 17.9 Å². The Morgan fingerprint density at radius 3 is 1.80 bits per heavy atom. The quantitative estimate of drug-likeness (QED) is 0.232. The lowest BCUT2D eigenvalue weighted by atomic mass is 10.1. The molecule has 1 heterocycles. The molecule has 0 spiro atoms. The fraction of sp³-hybridized carbons (Fsp3) is 1.00. The summed E-state index contributed by atoms with van der Waals surface area (Å²) >= 11 is 0. The smallest absolute Gasteiger partial charge is 0.338 e. The van der Waals surface area contributed by atoms with Gasteiger partial charge in [0.25, 0.3) is 5.79 Å². The summed E-state index contributed by atoms with van der Waals surface area (Å²) in [6.07, 6.45) is -1.71. The first-order chi connectivity index (χ1) is 4.38. The SMILES string of the molecule is OC1COC(O)(O)C1(O)O. The van der Waals surface area contributed by atoms with Gasteiger partial charge in [0, 0.05) is 0 Å². The van der Waals surface area contributed by atoms with Gasteiger partial charge in [-0.1, -0.05) is 0 Å². The van der Waals surface area contributed by atoms with Crippen molar-refractivity contribution in [3.8, 4) is 0 Å². The van der Waals surface area contributed by atoms with Crippen LogP contribution in [0.25, 0.3) is 0 Å². The Morgan fingerprint density at radius 1 is 1.20 bits per heavy atom. The standard InChI is InChI=1S/C4H8O6/c5-2-1-10-4(8,9)3(2,6)7/h2,5-9H,1H2. The average Bonchev–Trinajstić information content (AvgIpc) is 1.94. The molecular formula is C4H8O6. The van der Waals surface area contributed by atoms with Crippen molar-refractivity contribution in [2.24, 2.45) is 0 Å². The molecule has 0 bridgehead atoms. The van der Waals surface area contributed by atoms with Crippen LogP contribution in [-0.4, -0.2) is 50.0 Å². The lowest BCUT2D eigenvalue weighted by molar-refractivity contribution is -0.432. The molecular weight excluding hydrogens is 144 g/mol. The number of hydrogen-bond donors (Lipinski definition) is 5. The van der Waals surface area contributed by atoms with E-state index in [-0.39, 0.29) is 0 Å². The zero-order chi connectivity index (χ0) is 7.99. The summed E-state index contributed by atoms with van der Waals surface area (Å²) in [6.45, 7) is -0.528. The van der Waals surface area contributed by atoms with Crippen LogP contribution in [0.4, 0.5) is 0 Å². The highest BCUT2D eigenvalue weighted by atomic mass is 16.8. The number of ether oxygens (including phenoxy) is 1. The van der Waals surface area contributed by atoms with Gasteiger partial charge in [0.15, 0.2) is 0 Å². The van der Waals surface area contributed by atoms with Crippen molar-refractivity contribution in [1.29, 1.82) is 0 Å². The fourth-order valence-electron chi connectivity index (χ4n) is 0.635. The average molecular weight is 152 g/mol. The van der Waals surface area contributed by atoms with Gasteiger partial charge in [-0.15, -0.1) is 0 Å². The van der Waals surface area contributed by atoms with E-state index in [4.69, 9.17) is 25.5 Å². The molecule has 1 rings (SSSR count). The fourth-order valence-corrected chi connectivity index (χ4v) is 0.635. The lowest BCUT2D eigenvalue weighted by Gasteiger charge is -2.26. The highest BCUT2D eigenvalue weighted by molar-refractivity contribution is 4.88. The molecule has 0 aromatic carbocycles. The van der Waals surface area contributed by atoms with Gasteiger partial charge in [-0.05, 0) is 0 Å². The van der Waals surface area contributed by atoms with Gasteiger partial charge >= 0.3 is 5.97 Å². The normalized spacial score (nSPS) is 36.3. The maximum atomic E-state index is 8.67. The van der Waals surface area contributed by atoms with Crippen molar-refractivity contribution in [3.63, 3.8) is 0 Å². The minimum absolute atomic E-state index is 0.528. The largest absolute Gasteiger partial charge is 0.385 e. The van der Waals surface area contributed by atoms with Crippen molar-refractivity contribution < 1.29 is 30.3 Å². The van der Waals surface area contributed by atoms with Crippen molar-refractivity contribution in [3.05, 3.63) is 0 Å². The summed E-state index contributed by atoms with van der Waals surface area (Å²) in [6, 6.07) is 0. The van der Waals surface area contributed by atoms with E-state index >= 15 is 0 Å². The molecule has 0 radical (unpaired) electrons. The van der Waals surface area contributed by atoms with Crippen molar-refractivity contribution in [1.82, 2.24) is 0 Å².